The van der Waals surface area contributed by atoms with Crippen LogP contribution in [0.4, 0.5) is 0 Å². The molecule has 1 aliphatic carbocycles. The summed E-state index contributed by atoms with van der Waals surface area (Å²) in [4.78, 5) is 25.1. The average Bonchev–Trinajstić information content (AvgIpc) is 3.12. The summed E-state index contributed by atoms with van der Waals surface area (Å²) >= 11 is 5.19. The fourth-order valence-corrected chi connectivity index (χ4v) is 5.90. The second kappa shape index (κ2) is 7.95. The highest BCUT2D eigenvalue weighted by atomic mass is 79.9. The van der Waals surface area contributed by atoms with Crippen molar-refractivity contribution in [1.82, 2.24) is 4.57 Å². The molecule has 0 amide bonds. The molecule has 0 unspecified atom stereocenters. The molecule has 148 valence electrons. The van der Waals surface area contributed by atoms with E-state index in [1.807, 2.05) is 31.4 Å². The minimum Gasteiger partial charge on any atom is -0.465 e. The smallest absolute Gasteiger partial charge is 0.348 e. The second-order valence-electron chi connectivity index (χ2n) is 8.03. The Morgan fingerprint density at radius 1 is 1.26 bits per heavy atom. The van der Waals surface area contributed by atoms with Crippen molar-refractivity contribution in [3.05, 3.63) is 21.1 Å². The Kier molecular flexibility index (Phi) is 6.01. The molecule has 2 aromatic heterocycles. The molecule has 0 spiro atoms. The lowest BCUT2D eigenvalue weighted by atomic mass is 9.85. The zero-order valence-corrected chi connectivity index (χ0v) is 18.7. The lowest BCUT2D eigenvalue weighted by Gasteiger charge is -2.22. The largest absolute Gasteiger partial charge is 0.465 e. The Bertz CT molecular complexity index is 856. The zero-order chi connectivity index (χ0) is 19.8. The Morgan fingerprint density at radius 2 is 1.93 bits per heavy atom. The van der Waals surface area contributed by atoms with Gasteiger partial charge in [-0.25, -0.2) is 4.79 Å². The summed E-state index contributed by atoms with van der Waals surface area (Å²) in [6, 6.07) is 1.83. The van der Waals surface area contributed by atoms with Gasteiger partial charge in [-0.1, -0.05) is 19.3 Å². The van der Waals surface area contributed by atoms with Gasteiger partial charge in [-0.15, -0.1) is 11.3 Å². The summed E-state index contributed by atoms with van der Waals surface area (Å²) in [7, 11) is 1.39. The van der Waals surface area contributed by atoms with Crippen LogP contribution in [0, 0.1) is 0 Å². The first-order valence-electron chi connectivity index (χ1n) is 9.33. The van der Waals surface area contributed by atoms with Crippen LogP contribution in [-0.2, 0) is 20.8 Å². The highest BCUT2D eigenvalue weighted by Crippen LogP contribution is 2.45. The molecular weight excluding hydrogens is 430 g/mol. The first kappa shape index (κ1) is 20.4. The van der Waals surface area contributed by atoms with Gasteiger partial charge in [-0.05, 0) is 61.5 Å². The van der Waals surface area contributed by atoms with Crippen molar-refractivity contribution in [2.45, 2.75) is 70.9 Å². The third-order valence-electron chi connectivity index (χ3n) is 4.81. The van der Waals surface area contributed by atoms with Crippen LogP contribution in [0.3, 0.4) is 0 Å². The number of halogens is 1. The third kappa shape index (κ3) is 4.40. The fourth-order valence-electron chi connectivity index (χ4n) is 3.72. The van der Waals surface area contributed by atoms with Gasteiger partial charge in [0.05, 0.1) is 21.9 Å². The lowest BCUT2D eigenvalue weighted by Crippen LogP contribution is -2.26. The van der Waals surface area contributed by atoms with Crippen molar-refractivity contribution in [2.24, 2.45) is 0 Å². The van der Waals surface area contributed by atoms with Gasteiger partial charge < -0.3 is 14.0 Å². The number of ether oxygens (including phenoxy) is 2. The molecule has 27 heavy (non-hydrogen) atoms. The quantitative estimate of drug-likeness (QED) is 0.559. The van der Waals surface area contributed by atoms with Crippen molar-refractivity contribution >= 4 is 49.4 Å². The van der Waals surface area contributed by atoms with Gasteiger partial charge >= 0.3 is 11.9 Å². The predicted molar refractivity (Wildman–Crippen MR) is 111 cm³/mol. The molecule has 3 rings (SSSR count). The van der Waals surface area contributed by atoms with Crippen LogP contribution in [0.2, 0.25) is 0 Å². The van der Waals surface area contributed by atoms with Gasteiger partial charge in [0.15, 0.2) is 0 Å². The van der Waals surface area contributed by atoms with E-state index in [0.29, 0.717) is 10.8 Å². The van der Waals surface area contributed by atoms with Crippen LogP contribution in [0.1, 0.15) is 74.0 Å². The Morgan fingerprint density at radius 3 is 2.52 bits per heavy atom. The van der Waals surface area contributed by atoms with Crippen molar-refractivity contribution < 1.29 is 19.1 Å². The second-order valence-corrected chi connectivity index (χ2v) is 9.83. The molecule has 2 aromatic rings. The standard InChI is InChI=1S/C20H26BrNO4S/c1-20(2,3)26-15(23)11-22-13-10-14(19(24)25-4)27-17(13)16(18(22)21)12-8-6-5-7-9-12/h10,12H,5-9,11H2,1-4H3. The minimum absolute atomic E-state index is 0.110. The summed E-state index contributed by atoms with van der Waals surface area (Å²) in [5, 5.41) is 0. The van der Waals surface area contributed by atoms with Crippen LogP contribution in [0.5, 0.6) is 0 Å². The molecule has 0 atom stereocenters. The number of carbonyl (C=O) groups excluding carboxylic acids is 2. The zero-order valence-electron chi connectivity index (χ0n) is 16.3. The molecule has 7 heteroatoms. The molecular formula is C20H26BrNO4S. The van der Waals surface area contributed by atoms with E-state index in [1.165, 1.54) is 43.3 Å². The number of hydrogen-bond donors (Lipinski definition) is 0. The SMILES string of the molecule is COC(=O)c1cc2c(s1)c(C1CCCCC1)c(Br)n2CC(=O)OC(C)(C)C. The van der Waals surface area contributed by atoms with E-state index < -0.39 is 5.60 Å². The molecule has 0 aliphatic heterocycles. The van der Waals surface area contributed by atoms with Crippen LogP contribution in [0.15, 0.2) is 10.7 Å². The maximum atomic E-state index is 12.5. The number of carbonyl (C=O) groups is 2. The van der Waals surface area contributed by atoms with Gasteiger partial charge in [-0.2, -0.15) is 0 Å². The number of thiophene rings is 1. The van der Waals surface area contributed by atoms with Gasteiger partial charge in [-0.3, -0.25) is 4.79 Å². The highest BCUT2D eigenvalue weighted by molar-refractivity contribution is 9.10. The van der Waals surface area contributed by atoms with Crippen molar-refractivity contribution in [1.29, 1.82) is 0 Å². The molecule has 1 aliphatic rings. The molecule has 0 saturated heterocycles. The van der Waals surface area contributed by atoms with Gasteiger partial charge in [0, 0.05) is 5.56 Å². The molecule has 0 aromatic carbocycles. The average molecular weight is 456 g/mol. The van der Waals surface area contributed by atoms with Gasteiger partial charge in [0.2, 0.25) is 0 Å². The number of nitrogens with zero attached hydrogens (tertiary/aromatic N) is 1. The fraction of sp³-hybridized carbons (Fsp3) is 0.600. The van der Waals surface area contributed by atoms with Crippen molar-refractivity contribution in [2.75, 3.05) is 7.11 Å². The summed E-state index contributed by atoms with van der Waals surface area (Å²) in [6.07, 6.45) is 5.97. The summed E-state index contributed by atoms with van der Waals surface area (Å²) in [5.74, 6) is -0.188. The minimum atomic E-state index is -0.534. The summed E-state index contributed by atoms with van der Waals surface area (Å²) in [5.41, 5.74) is 1.57. The number of hydrogen-bond acceptors (Lipinski definition) is 5. The topological polar surface area (TPSA) is 57.5 Å². The molecule has 0 N–H and O–H groups in total. The molecule has 1 saturated carbocycles. The van der Waals surface area contributed by atoms with E-state index in [2.05, 4.69) is 15.9 Å². The molecule has 1 fully saturated rings. The van der Waals surface area contributed by atoms with Crippen LogP contribution < -0.4 is 0 Å². The Hall–Kier alpha value is -1.34. The normalized spacial score (nSPS) is 15.9. The maximum Gasteiger partial charge on any atom is 0.348 e. The van der Waals surface area contributed by atoms with Gasteiger partial charge in [0.25, 0.3) is 0 Å². The van der Waals surface area contributed by atoms with Crippen LogP contribution in [0.25, 0.3) is 10.2 Å². The van der Waals surface area contributed by atoms with Crippen LogP contribution >= 0.6 is 27.3 Å². The Labute approximate surface area is 172 Å². The summed E-state index contributed by atoms with van der Waals surface area (Å²) < 4.78 is 14.3. The number of fused-ring (bicyclic) bond motifs is 1. The first-order valence-corrected chi connectivity index (χ1v) is 10.9. The highest BCUT2D eigenvalue weighted by Gasteiger charge is 2.28. The molecule has 0 radical (unpaired) electrons. The van der Waals surface area contributed by atoms with E-state index in [4.69, 9.17) is 9.47 Å². The van der Waals surface area contributed by atoms with Crippen LogP contribution in [-0.4, -0.2) is 29.2 Å². The first-order chi connectivity index (χ1) is 12.7. The van der Waals surface area contributed by atoms with E-state index in [9.17, 15) is 9.59 Å². The summed E-state index contributed by atoms with van der Waals surface area (Å²) in [6.45, 7) is 5.69. The number of aromatic nitrogens is 1. The third-order valence-corrected chi connectivity index (χ3v) is 6.81. The van der Waals surface area contributed by atoms with E-state index in [-0.39, 0.29) is 18.5 Å². The lowest BCUT2D eigenvalue weighted by molar-refractivity contribution is -0.155. The van der Waals surface area contributed by atoms with Crippen molar-refractivity contribution in [3.63, 3.8) is 0 Å². The number of rotatable bonds is 4. The van der Waals surface area contributed by atoms with E-state index in [1.54, 1.807) is 0 Å². The number of methoxy groups -OCH3 is 1. The van der Waals surface area contributed by atoms with E-state index >= 15 is 0 Å². The maximum absolute atomic E-state index is 12.5. The molecule has 5 nitrogen and oxygen atoms in total. The van der Waals surface area contributed by atoms with E-state index in [0.717, 1.165) is 27.7 Å². The Balaban J connectivity index is 2.05. The predicted octanol–water partition coefficient (Wildman–Crippen LogP) is 5.64. The van der Waals surface area contributed by atoms with Crippen molar-refractivity contribution in [3.8, 4) is 0 Å². The molecule has 2 heterocycles. The van der Waals surface area contributed by atoms with Gasteiger partial charge in [0.1, 0.15) is 17.0 Å². The number of esters is 2. The molecule has 0 bridgehead atoms. The monoisotopic (exact) mass is 455 g/mol.